The van der Waals surface area contributed by atoms with Crippen LogP contribution in [0.5, 0.6) is 0 Å². The molecule has 17 rings (SSSR count). The lowest BCUT2D eigenvalue weighted by Gasteiger charge is -2.52. The van der Waals surface area contributed by atoms with E-state index in [1.54, 1.807) is 25.7 Å². The van der Waals surface area contributed by atoms with E-state index < -0.39 is 12.0 Å². The zero-order valence-corrected chi connectivity index (χ0v) is 54.1. The topological polar surface area (TPSA) is 138 Å². The fraction of sp³-hybridized carbons (Fsp3) is 0.873. The summed E-state index contributed by atoms with van der Waals surface area (Å²) in [6.45, 7) is 0. The number of primary amides is 1. The van der Waals surface area contributed by atoms with E-state index in [-0.39, 0.29) is 5.57 Å². The number of fused-ring (bicyclic) bond motifs is 20. The Morgan fingerprint density at radius 2 is 0.552 bits per heavy atom. The first-order valence-corrected chi connectivity index (χ1v) is 38.3. The first-order chi connectivity index (χ1) is 42.7. The lowest BCUT2D eigenvalue weighted by atomic mass is 9.53. The summed E-state index contributed by atoms with van der Waals surface area (Å²) in [7, 11) is 0. The quantitative estimate of drug-likeness (QED) is 0.261. The number of rotatable bonds is 6. The first-order valence-electron chi connectivity index (χ1n) is 38.3. The van der Waals surface area contributed by atoms with Crippen molar-refractivity contribution in [1.82, 2.24) is 0 Å². The molecular weight excluding hydrogens is 1070 g/mol. The van der Waals surface area contributed by atoms with Crippen LogP contribution in [0.15, 0.2) is 24.0 Å². The van der Waals surface area contributed by atoms with Crippen LogP contribution in [0.3, 0.4) is 0 Å². The summed E-state index contributed by atoms with van der Waals surface area (Å²) in [5, 5.41) is 0. The minimum absolute atomic E-state index is 0.250. The van der Waals surface area contributed by atoms with Crippen LogP contribution in [0, 0.1) is 166 Å². The van der Waals surface area contributed by atoms with Gasteiger partial charge >= 0.3 is 0 Å². The molecule has 16 fully saturated rings. The molecule has 0 aromatic carbocycles. The number of carbonyl (C=O) groups is 6. The van der Waals surface area contributed by atoms with Crippen molar-refractivity contribution in [3.63, 3.8) is 0 Å². The van der Waals surface area contributed by atoms with Gasteiger partial charge in [-0.05, 0) is 360 Å². The van der Waals surface area contributed by atoms with Crippen LogP contribution < -0.4 is 5.73 Å². The normalized spacial score (nSPS) is 49.0. The Labute approximate surface area is 526 Å². The Morgan fingerprint density at radius 1 is 0.310 bits per heavy atom. The average molecular weight is 1190 g/mol. The van der Waals surface area contributed by atoms with Crippen molar-refractivity contribution in [2.45, 2.75) is 263 Å². The molecule has 0 radical (unpaired) electrons. The molecule has 87 heavy (non-hydrogen) atoms. The highest BCUT2D eigenvalue weighted by Crippen LogP contribution is 2.63. The number of amides is 1. The molecule has 16 saturated carbocycles. The van der Waals surface area contributed by atoms with Gasteiger partial charge in [0.2, 0.25) is 6.10 Å². The summed E-state index contributed by atoms with van der Waals surface area (Å²) in [5.74, 6) is 25.9. The molecule has 24 unspecified atom stereocenters. The SMILES string of the molecule is NC(=O)C1OC=CC=C1C=O.O=CC1CCC2C(CCC3C4CCCC4CCC23)C1.O=CC1CCC2C(CCC3C4CCCC4CCC23)C1.O=CC1CCC2C(CCC3C4CCCC4CCC23)C1.O=CC1CC[C@H]2C(CC[C@H]3[C@@H]4CCC[C@H]4CC[C@@H]32)C1. The number of aldehydes is 5. The summed E-state index contributed by atoms with van der Waals surface area (Å²) in [6, 6.07) is 0. The zero-order valence-electron chi connectivity index (χ0n) is 54.1. The third-order valence-electron chi connectivity index (χ3n) is 30.8. The van der Waals surface area contributed by atoms with E-state index >= 15 is 0 Å². The van der Waals surface area contributed by atoms with Crippen LogP contribution in [-0.4, -0.2) is 43.4 Å². The number of carbonyl (C=O) groups excluding carboxylic acids is 6. The van der Waals surface area contributed by atoms with Gasteiger partial charge in [-0.15, -0.1) is 0 Å². The Morgan fingerprint density at radius 3 is 0.782 bits per heavy atom. The Bertz CT molecular complexity index is 2120. The minimum atomic E-state index is -0.919. The zero-order chi connectivity index (χ0) is 59.5. The lowest BCUT2D eigenvalue weighted by molar-refractivity contribution is -0.126. The van der Waals surface area contributed by atoms with Gasteiger partial charge in [0.05, 0.1) is 6.26 Å². The molecule has 8 heteroatoms. The summed E-state index contributed by atoms with van der Waals surface area (Å²) < 4.78 is 4.79. The van der Waals surface area contributed by atoms with Gasteiger partial charge < -0.3 is 29.6 Å². The monoisotopic (exact) mass is 1190 g/mol. The van der Waals surface area contributed by atoms with E-state index in [4.69, 9.17) is 10.5 Å². The van der Waals surface area contributed by atoms with Crippen molar-refractivity contribution >= 4 is 37.3 Å². The van der Waals surface area contributed by atoms with Crippen LogP contribution in [0.1, 0.15) is 257 Å². The minimum Gasteiger partial charge on any atom is -0.483 e. The molecule has 0 aromatic heterocycles. The summed E-state index contributed by atoms with van der Waals surface area (Å²) in [4.78, 5) is 65.1. The molecule has 2 N–H and O–H groups in total. The highest BCUT2D eigenvalue weighted by Gasteiger charge is 2.54. The van der Waals surface area contributed by atoms with Crippen LogP contribution in [0.2, 0.25) is 0 Å². The summed E-state index contributed by atoms with van der Waals surface area (Å²) >= 11 is 0. The summed E-state index contributed by atoms with van der Waals surface area (Å²) in [6.07, 6.45) is 66.5. The Balaban J connectivity index is 0.000000102. The van der Waals surface area contributed by atoms with Gasteiger partial charge in [-0.2, -0.15) is 0 Å². The molecule has 1 amide bonds. The smallest absolute Gasteiger partial charge is 0.263 e. The maximum Gasteiger partial charge on any atom is 0.263 e. The molecule has 17 aliphatic rings. The van der Waals surface area contributed by atoms with Crippen molar-refractivity contribution in [2.75, 3.05) is 0 Å². The number of allylic oxidation sites excluding steroid dienone is 2. The Kier molecular flexibility index (Phi) is 20.9. The second kappa shape index (κ2) is 28.9. The molecule has 1 heterocycles. The highest BCUT2D eigenvalue weighted by molar-refractivity contribution is 5.91. The molecule has 8 nitrogen and oxygen atoms in total. The maximum atomic E-state index is 11.1. The fourth-order valence-electron chi connectivity index (χ4n) is 27.3. The van der Waals surface area contributed by atoms with E-state index in [1.807, 2.05) is 0 Å². The fourth-order valence-corrected chi connectivity index (χ4v) is 27.3. The van der Waals surface area contributed by atoms with E-state index in [0.717, 1.165) is 142 Å². The molecule has 0 bridgehead atoms. The van der Waals surface area contributed by atoms with E-state index in [1.165, 1.54) is 275 Å². The van der Waals surface area contributed by atoms with E-state index in [9.17, 15) is 28.8 Å². The van der Waals surface area contributed by atoms with Gasteiger partial charge in [0.1, 0.15) is 31.4 Å². The van der Waals surface area contributed by atoms with E-state index in [0.29, 0.717) is 30.0 Å². The van der Waals surface area contributed by atoms with Gasteiger partial charge in [-0.25, -0.2) is 0 Å². The third-order valence-corrected chi connectivity index (χ3v) is 30.8. The second-order valence-corrected chi connectivity index (χ2v) is 33.9. The molecule has 0 spiro atoms. The predicted octanol–water partition coefficient (Wildman–Crippen LogP) is 17.3. The van der Waals surface area contributed by atoms with Crippen LogP contribution in [-0.2, 0) is 33.5 Å². The number of ether oxygens (including phenoxy) is 1. The molecule has 0 aromatic rings. The van der Waals surface area contributed by atoms with Gasteiger partial charge in [-0.3, -0.25) is 9.59 Å². The molecule has 482 valence electrons. The number of nitrogens with two attached hydrogens (primary N) is 1. The highest BCUT2D eigenvalue weighted by atomic mass is 16.5. The van der Waals surface area contributed by atoms with Gasteiger partial charge in [0.15, 0.2) is 0 Å². The summed E-state index contributed by atoms with van der Waals surface area (Å²) in [5.41, 5.74) is 5.19. The molecule has 0 saturated heterocycles. The lowest BCUT2D eigenvalue weighted by Crippen LogP contribution is -2.44. The van der Waals surface area contributed by atoms with Gasteiger partial charge in [0, 0.05) is 29.2 Å². The van der Waals surface area contributed by atoms with Crippen LogP contribution >= 0.6 is 0 Å². The van der Waals surface area contributed by atoms with Gasteiger partial charge in [-0.1, -0.05) is 51.4 Å². The largest absolute Gasteiger partial charge is 0.483 e. The van der Waals surface area contributed by atoms with Gasteiger partial charge in [0.25, 0.3) is 5.91 Å². The van der Waals surface area contributed by atoms with Crippen molar-refractivity contribution in [1.29, 1.82) is 0 Å². The van der Waals surface area contributed by atoms with Crippen LogP contribution in [0.25, 0.3) is 0 Å². The van der Waals surface area contributed by atoms with Crippen LogP contribution in [0.4, 0.5) is 0 Å². The predicted molar refractivity (Wildman–Crippen MR) is 344 cm³/mol. The Hall–Kier alpha value is -2.90. The van der Waals surface area contributed by atoms with Crippen molar-refractivity contribution in [2.24, 2.45) is 171 Å². The van der Waals surface area contributed by atoms with E-state index in [2.05, 4.69) is 0 Å². The number of hydrogen-bond donors (Lipinski definition) is 1. The standard InChI is InChI=1S/4C18H28O.C7H7NO3/c4*19-11-12-4-7-16-14(10-12)6-9-17-15-3-1-2-13(15)5-8-18(16)17;8-7(10)6-5(4-9)2-1-3-11-6/h4*11-18H,1-10H2;1-4,6H,(H2,8,10)/t12?,13-,14?,15+,16-,17-,18+;;;;/m0..../s1. The second-order valence-electron chi connectivity index (χ2n) is 33.9. The maximum absolute atomic E-state index is 11.1. The van der Waals surface area contributed by atoms with Crippen molar-refractivity contribution in [3.05, 3.63) is 24.0 Å². The first kappa shape index (κ1) is 62.9. The average Bonchev–Trinajstić information content (AvgIpc) is 2.16. The van der Waals surface area contributed by atoms with Crippen molar-refractivity contribution in [3.8, 4) is 0 Å². The molecule has 16 aliphatic carbocycles. The molecule has 1 aliphatic heterocycles. The third kappa shape index (κ3) is 13.4. The molecular formula is C79H119NO7. The number of hydrogen-bond acceptors (Lipinski definition) is 7. The van der Waals surface area contributed by atoms with Crippen molar-refractivity contribution < 1.29 is 33.5 Å². The molecule has 29 atom stereocenters.